The molecule has 0 aliphatic carbocycles. The Morgan fingerprint density at radius 1 is 1.69 bits per heavy atom. The fourth-order valence-electron chi connectivity index (χ4n) is 1.84. The maximum Gasteiger partial charge on any atom is 0.247 e. The number of allylic oxidation sites excluding steroid dienone is 1. The third kappa shape index (κ3) is 1.12. The van der Waals surface area contributed by atoms with Gasteiger partial charge < -0.3 is 10.6 Å². The van der Waals surface area contributed by atoms with Gasteiger partial charge in [0.15, 0.2) is 0 Å². The van der Waals surface area contributed by atoms with Crippen LogP contribution in [0.15, 0.2) is 11.3 Å². The highest BCUT2D eigenvalue weighted by Gasteiger charge is 2.48. The summed E-state index contributed by atoms with van der Waals surface area (Å²) >= 11 is 1.78. The molecule has 2 aliphatic heterocycles. The summed E-state index contributed by atoms with van der Waals surface area (Å²) in [5.74, 6) is 1.12. The molecule has 1 fully saturated rings. The summed E-state index contributed by atoms with van der Waals surface area (Å²) in [4.78, 5) is 13.3. The van der Waals surface area contributed by atoms with Crippen LogP contribution < -0.4 is 5.73 Å². The van der Waals surface area contributed by atoms with E-state index >= 15 is 0 Å². The first kappa shape index (κ1) is 9.09. The van der Waals surface area contributed by atoms with Gasteiger partial charge in [-0.25, -0.2) is 0 Å². The summed E-state index contributed by atoms with van der Waals surface area (Å²) < 4.78 is 0. The summed E-state index contributed by atoms with van der Waals surface area (Å²) in [5, 5.41) is 0.211. The first-order valence-corrected chi connectivity index (χ1v) is 5.60. The van der Waals surface area contributed by atoms with Gasteiger partial charge in [0.25, 0.3) is 0 Å². The van der Waals surface area contributed by atoms with E-state index in [2.05, 4.69) is 6.92 Å². The van der Waals surface area contributed by atoms with Crippen molar-refractivity contribution < 1.29 is 4.79 Å². The molecule has 2 N–H and O–H groups in total. The van der Waals surface area contributed by atoms with Crippen molar-refractivity contribution in [1.29, 1.82) is 0 Å². The van der Waals surface area contributed by atoms with Gasteiger partial charge in [-0.2, -0.15) is 0 Å². The molecule has 0 bridgehead atoms. The summed E-state index contributed by atoms with van der Waals surface area (Å²) in [5.41, 5.74) is 8.20. The van der Waals surface area contributed by atoms with Crippen molar-refractivity contribution in [3.05, 3.63) is 11.3 Å². The van der Waals surface area contributed by atoms with Gasteiger partial charge in [-0.15, -0.1) is 11.8 Å². The fraction of sp³-hybridized carbons (Fsp3) is 0.667. The predicted molar refractivity (Wildman–Crippen MR) is 54.1 cm³/mol. The lowest BCUT2D eigenvalue weighted by molar-refractivity contribution is -0.141. The number of carbonyl (C=O) groups is 1. The normalized spacial score (nSPS) is 33.2. The van der Waals surface area contributed by atoms with Gasteiger partial charge in [0, 0.05) is 11.4 Å². The zero-order chi connectivity index (χ0) is 9.59. The number of rotatable bonds is 1. The number of nitrogens with two attached hydrogens (primary N) is 1. The second kappa shape index (κ2) is 3.03. The maximum absolute atomic E-state index is 11.4. The van der Waals surface area contributed by atoms with Crippen molar-refractivity contribution in [2.45, 2.75) is 31.7 Å². The Balaban J connectivity index is 2.26. The zero-order valence-corrected chi connectivity index (χ0v) is 8.73. The quantitative estimate of drug-likeness (QED) is 0.637. The number of β-lactam (4-membered cyclic amide) rings is 1. The minimum absolute atomic E-state index is 0.0839. The fourth-order valence-corrected chi connectivity index (χ4v) is 3.36. The Hall–Kier alpha value is -0.480. The molecule has 2 rings (SSSR count). The molecule has 0 aromatic heterocycles. The van der Waals surface area contributed by atoms with Crippen molar-refractivity contribution >= 4 is 17.7 Å². The molecule has 2 aliphatic rings. The molecule has 3 nitrogen and oxygen atoms in total. The SMILES string of the molecule is CCC1=C(C)N2C(=O)C(N)C2SC1. The van der Waals surface area contributed by atoms with Crippen molar-refractivity contribution in [3.63, 3.8) is 0 Å². The van der Waals surface area contributed by atoms with E-state index < -0.39 is 0 Å². The maximum atomic E-state index is 11.4. The highest BCUT2D eigenvalue weighted by atomic mass is 32.2. The minimum atomic E-state index is -0.265. The molecule has 2 heterocycles. The van der Waals surface area contributed by atoms with Crippen molar-refractivity contribution in [2.24, 2.45) is 5.73 Å². The molecule has 0 aromatic carbocycles. The summed E-state index contributed by atoms with van der Waals surface area (Å²) in [6.45, 7) is 4.15. The van der Waals surface area contributed by atoms with E-state index in [9.17, 15) is 4.79 Å². The van der Waals surface area contributed by atoms with E-state index in [-0.39, 0.29) is 17.3 Å². The number of hydrogen-bond donors (Lipinski definition) is 1. The largest absolute Gasteiger partial charge is 0.317 e. The van der Waals surface area contributed by atoms with Crippen LogP contribution in [0.1, 0.15) is 20.3 Å². The van der Waals surface area contributed by atoms with Crippen LogP contribution in [0.25, 0.3) is 0 Å². The van der Waals surface area contributed by atoms with E-state index in [4.69, 9.17) is 5.73 Å². The number of thioether (sulfide) groups is 1. The van der Waals surface area contributed by atoms with E-state index in [1.807, 2.05) is 11.8 Å². The van der Waals surface area contributed by atoms with Crippen LogP contribution in [-0.2, 0) is 4.79 Å². The Morgan fingerprint density at radius 3 is 3.00 bits per heavy atom. The van der Waals surface area contributed by atoms with Crippen LogP contribution in [0.4, 0.5) is 0 Å². The van der Waals surface area contributed by atoms with E-state index in [0.717, 1.165) is 17.9 Å². The molecule has 0 radical (unpaired) electrons. The highest BCUT2D eigenvalue weighted by molar-refractivity contribution is 8.00. The van der Waals surface area contributed by atoms with E-state index in [1.54, 1.807) is 11.8 Å². The van der Waals surface area contributed by atoms with Gasteiger partial charge in [-0.1, -0.05) is 6.92 Å². The van der Waals surface area contributed by atoms with Crippen molar-refractivity contribution in [2.75, 3.05) is 5.75 Å². The number of carbonyl (C=O) groups excluding carboxylic acids is 1. The van der Waals surface area contributed by atoms with Crippen LogP contribution in [0.2, 0.25) is 0 Å². The molecule has 2 atom stereocenters. The lowest BCUT2D eigenvalue weighted by Crippen LogP contribution is -2.67. The average molecular weight is 198 g/mol. The molecule has 4 heteroatoms. The third-order valence-electron chi connectivity index (χ3n) is 2.81. The molecule has 13 heavy (non-hydrogen) atoms. The Bertz CT molecular complexity index is 287. The molecule has 0 spiro atoms. The summed E-state index contributed by atoms with van der Waals surface area (Å²) in [6.07, 6.45) is 1.03. The van der Waals surface area contributed by atoms with Crippen molar-refractivity contribution in [1.82, 2.24) is 4.90 Å². The number of nitrogens with zero attached hydrogens (tertiary/aromatic N) is 1. The number of amides is 1. The Morgan fingerprint density at radius 2 is 2.38 bits per heavy atom. The molecule has 1 saturated heterocycles. The molecular formula is C9H14N2OS. The Kier molecular flexibility index (Phi) is 2.12. The van der Waals surface area contributed by atoms with Gasteiger partial charge in [0.1, 0.15) is 11.4 Å². The first-order valence-electron chi connectivity index (χ1n) is 4.55. The lowest BCUT2D eigenvalue weighted by Gasteiger charge is -2.48. The van der Waals surface area contributed by atoms with Crippen molar-refractivity contribution in [3.8, 4) is 0 Å². The minimum Gasteiger partial charge on any atom is -0.317 e. The third-order valence-corrected chi connectivity index (χ3v) is 4.17. The molecule has 0 saturated carbocycles. The average Bonchev–Trinajstić information content (AvgIpc) is 2.16. The molecule has 2 unspecified atom stereocenters. The molecule has 0 aromatic rings. The standard InChI is InChI=1S/C9H14N2OS/c1-3-6-4-13-9-7(10)8(12)11(9)5(6)2/h7,9H,3-4,10H2,1-2H3. The van der Waals surface area contributed by atoms with Gasteiger partial charge >= 0.3 is 0 Å². The van der Waals surface area contributed by atoms with Gasteiger partial charge in [-0.3, -0.25) is 4.79 Å². The predicted octanol–water partition coefficient (Wildman–Crippen LogP) is 0.913. The van der Waals surface area contributed by atoms with Crippen LogP contribution in [0, 0.1) is 0 Å². The van der Waals surface area contributed by atoms with Crippen LogP contribution in [-0.4, -0.2) is 28.0 Å². The molecular weight excluding hydrogens is 184 g/mol. The second-order valence-corrected chi connectivity index (χ2v) is 4.58. The topological polar surface area (TPSA) is 46.3 Å². The van der Waals surface area contributed by atoms with E-state index in [0.29, 0.717) is 0 Å². The van der Waals surface area contributed by atoms with Gasteiger partial charge in [0.2, 0.25) is 5.91 Å². The summed E-state index contributed by atoms with van der Waals surface area (Å²) in [6, 6.07) is -0.265. The zero-order valence-electron chi connectivity index (χ0n) is 7.91. The second-order valence-electron chi connectivity index (χ2n) is 3.48. The molecule has 72 valence electrons. The van der Waals surface area contributed by atoms with Crippen LogP contribution in [0.5, 0.6) is 0 Å². The number of fused-ring (bicyclic) bond motifs is 1. The van der Waals surface area contributed by atoms with E-state index in [1.165, 1.54) is 5.57 Å². The van der Waals surface area contributed by atoms with Crippen LogP contribution >= 0.6 is 11.8 Å². The summed E-state index contributed by atoms with van der Waals surface area (Å²) in [7, 11) is 0. The highest BCUT2D eigenvalue weighted by Crippen LogP contribution is 2.39. The smallest absolute Gasteiger partial charge is 0.247 e. The van der Waals surface area contributed by atoms with Crippen LogP contribution in [0.3, 0.4) is 0 Å². The monoisotopic (exact) mass is 198 g/mol. The lowest BCUT2D eigenvalue weighted by atomic mass is 10.0. The number of hydrogen-bond acceptors (Lipinski definition) is 3. The van der Waals surface area contributed by atoms with Gasteiger partial charge in [0.05, 0.1) is 0 Å². The van der Waals surface area contributed by atoms with Gasteiger partial charge in [-0.05, 0) is 18.9 Å². The Labute approximate surface area is 82.3 Å². The molecule has 1 amide bonds. The first-order chi connectivity index (χ1) is 6.16.